The molecule has 0 radical (unpaired) electrons. The van der Waals surface area contributed by atoms with Crippen LogP contribution in [0.4, 0.5) is 5.69 Å². The van der Waals surface area contributed by atoms with E-state index in [0.29, 0.717) is 25.2 Å². The quantitative estimate of drug-likeness (QED) is 0.881. The summed E-state index contributed by atoms with van der Waals surface area (Å²) in [7, 11) is 0. The zero-order valence-electron chi connectivity index (χ0n) is 14.2. The molecule has 2 aromatic rings. The third-order valence-corrected chi connectivity index (χ3v) is 4.44. The summed E-state index contributed by atoms with van der Waals surface area (Å²) in [6.07, 6.45) is 1.57. The number of hydrogen-bond donors (Lipinski definition) is 2. The van der Waals surface area contributed by atoms with E-state index in [4.69, 9.17) is 0 Å². The Bertz CT molecular complexity index is 695. The molecule has 3 rings (SSSR count). The van der Waals surface area contributed by atoms with E-state index < -0.39 is 0 Å². The summed E-state index contributed by atoms with van der Waals surface area (Å²) in [4.78, 5) is 26.3. The molecular formula is C20H23N3O2. The second-order valence-corrected chi connectivity index (χ2v) is 6.21. The number of amides is 2. The van der Waals surface area contributed by atoms with Crippen LogP contribution < -0.4 is 10.6 Å². The van der Waals surface area contributed by atoms with Gasteiger partial charge in [-0.3, -0.25) is 9.59 Å². The zero-order valence-corrected chi connectivity index (χ0v) is 14.2. The van der Waals surface area contributed by atoms with Crippen LogP contribution >= 0.6 is 0 Å². The number of nitrogens with one attached hydrogen (secondary N) is 2. The first-order valence-electron chi connectivity index (χ1n) is 8.65. The standard InChI is InChI=1S/C20H23N3O2/c24-19(15-21-17-9-5-2-6-10-17)23-13-11-18(12-14-23)22-20(25)16-7-3-1-4-8-16/h1-10,18,21H,11-15H2,(H,22,25). The molecule has 2 N–H and O–H groups in total. The van der Waals surface area contributed by atoms with Gasteiger partial charge in [-0.15, -0.1) is 0 Å². The third kappa shape index (κ3) is 4.83. The van der Waals surface area contributed by atoms with Crippen LogP contribution in [0.15, 0.2) is 60.7 Å². The maximum atomic E-state index is 12.3. The molecule has 5 heteroatoms. The number of anilines is 1. The van der Waals surface area contributed by atoms with Gasteiger partial charge in [0.05, 0.1) is 6.54 Å². The Morgan fingerprint density at radius 1 is 0.920 bits per heavy atom. The lowest BCUT2D eigenvalue weighted by atomic mass is 10.0. The molecule has 1 heterocycles. The topological polar surface area (TPSA) is 61.4 Å². The molecule has 2 amide bonds. The van der Waals surface area contributed by atoms with Crippen LogP contribution in [0.5, 0.6) is 0 Å². The van der Waals surface area contributed by atoms with E-state index in [0.717, 1.165) is 18.5 Å². The van der Waals surface area contributed by atoms with Gasteiger partial charge in [0, 0.05) is 30.4 Å². The number of piperidine rings is 1. The third-order valence-electron chi connectivity index (χ3n) is 4.44. The summed E-state index contributed by atoms with van der Waals surface area (Å²) in [5.41, 5.74) is 1.62. The first-order chi connectivity index (χ1) is 12.2. The van der Waals surface area contributed by atoms with Gasteiger partial charge in [0.25, 0.3) is 5.91 Å². The van der Waals surface area contributed by atoms with Gasteiger partial charge < -0.3 is 15.5 Å². The number of nitrogens with zero attached hydrogens (tertiary/aromatic N) is 1. The average Bonchev–Trinajstić information content (AvgIpc) is 2.68. The Balaban J connectivity index is 1.42. The van der Waals surface area contributed by atoms with Gasteiger partial charge in [-0.05, 0) is 37.1 Å². The number of hydrogen-bond acceptors (Lipinski definition) is 3. The van der Waals surface area contributed by atoms with E-state index >= 15 is 0 Å². The predicted octanol–water partition coefficient (Wildman–Crippen LogP) is 2.52. The van der Waals surface area contributed by atoms with E-state index in [2.05, 4.69) is 10.6 Å². The van der Waals surface area contributed by atoms with Gasteiger partial charge in [-0.2, -0.15) is 0 Å². The largest absolute Gasteiger partial charge is 0.376 e. The van der Waals surface area contributed by atoms with Gasteiger partial charge in [0.15, 0.2) is 0 Å². The van der Waals surface area contributed by atoms with Crippen molar-refractivity contribution < 1.29 is 9.59 Å². The first kappa shape index (κ1) is 17.0. The van der Waals surface area contributed by atoms with Crippen LogP contribution in [0.2, 0.25) is 0 Å². The van der Waals surface area contributed by atoms with Crippen LogP contribution in [0.3, 0.4) is 0 Å². The summed E-state index contributed by atoms with van der Waals surface area (Å²) in [5, 5.41) is 6.21. The van der Waals surface area contributed by atoms with Gasteiger partial charge in [0.1, 0.15) is 0 Å². The van der Waals surface area contributed by atoms with Crippen molar-refractivity contribution in [3.63, 3.8) is 0 Å². The van der Waals surface area contributed by atoms with Crippen LogP contribution in [0.1, 0.15) is 23.2 Å². The second-order valence-electron chi connectivity index (χ2n) is 6.21. The van der Waals surface area contributed by atoms with Crippen molar-refractivity contribution in [2.75, 3.05) is 25.0 Å². The van der Waals surface area contributed by atoms with Gasteiger partial charge >= 0.3 is 0 Å². The molecule has 1 aliphatic heterocycles. The number of carbonyl (C=O) groups excluding carboxylic acids is 2. The van der Waals surface area contributed by atoms with Gasteiger partial charge in [-0.25, -0.2) is 0 Å². The van der Waals surface area contributed by atoms with E-state index in [1.165, 1.54) is 0 Å². The number of para-hydroxylation sites is 1. The van der Waals surface area contributed by atoms with E-state index in [-0.39, 0.29) is 17.9 Å². The molecule has 0 aliphatic carbocycles. The highest BCUT2D eigenvalue weighted by Crippen LogP contribution is 2.12. The highest BCUT2D eigenvalue weighted by molar-refractivity contribution is 5.94. The molecule has 1 fully saturated rings. The van der Waals surface area contributed by atoms with Crippen molar-refractivity contribution >= 4 is 17.5 Å². The SMILES string of the molecule is O=C(NC1CCN(C(=O)CNc2ccccc2)CC1)c1ccccc1. The highest BCUT2D eigenvalue weighted by Gasteiger charge is 2.23. The van der Waals surface area contributed by atoms with Crippen LogP contribution in [-0.4, -0.2) is 42.4 Å². The Morgan fingerprint density at radius 3 is 2.16 bits per heavy atom. The normalized spacial score (nSPS) is 14.8. The fraction of sp³-hybridized carbons (Fsp3) is 0.300. The van der Waals surface area contributed by atoms with E-state index in [1.807, 2.05) is 65.6 Å². The molecule has 0 atom stereocenters. The molecule has 25 heavy (non-hydrogen) atoms. The Hall–Kier alpha value is -2.82. The summed E-state index contributed by atoms with van der Waals surface area (Å²) in [6, 6.07) is 19.1. The van der Waals surface area contributed by atoms with Gasteiger partial charge in [0.2, 0.25) is 5.91 Å². The van der Waals surface area contributed by atoms with E-state index in [9.17, 15) is 9.59 Å². The highest BCUT2D eigenvalue weighted by atomic mass is 16.2. The monoisotopic (exact) mass is 337 g/mol. The van der Waals surface area contributed by atoms with Gasteiger partial charge in [-0.1, -0.05) is 36.4 Å². The molecule has 0 spiro atoms. The minimum atomic E-state index is -0.0453. The Labute approximate surface area is 148 Å². The Kier molecular flexibility index (Phi) is 5.67. The molecule has 0 unspecified atom stereocenters. The molecule has 1 aliphatic rings. The van der Waals surface area contributed by atoms with Crippen molar-refractivity contribution in [1.82, 2.24) is 10.2 Å². The van der Waals surface area contributed by atoms with Crippen molar-refractivity contribution in [3.8, 4) is 0 Å². The molecular weight excluding hydrogens is 314 g/mol. The number of rotatable bonds is 5. The minimum Gasteiger partial charge on any atom is -0.376 e. The fourth-order valence-electron chi connectivity index (χ4n) is 2.98. The van der Waals surface area contributed by atoms with Crippen molar-refractivity contribution in [2.45, 2.75) is 18.9 Å². The molecule has 2 aromatic carbocycles. The fourth-order valence-corrected chi connectivity index (χ4v) is 2.98. The maximum absolute atomic E-state index is 12.3. The second kappa shape index (κ2) is 8.33. The van der Waals surface area contributed by atoms with Crippen molar-refractivity contribution in [1.29, 1.82) is 0 Å². The zero-order chi connectivity index (χ0) is 17.5. The maximum Gasteiger partial charge on any atom is 0.251 e. The van der Waals surface area contributed by atoms with Crippen molar-refractivity contribution in [3.05, 3.63) is 66.2 Å². The molecule has 1 saturated heterocycles. The first-order valence-corrected chi connectivity index (χ1v) is 8.65. The summed E-state index contributed by atoms with van der Waals surface area (Å²) in [6.45, 7) is 1.65. The predicted molar refractivity (Wildman–Crippen MR) is 98.4 cm³/mol. The summed E-state index contributed by atoms with van der Waals surface area (Å²) in [5.74, 6) is 0.0489. The lowest BCUT2D eigenvalue weighted by Gasteiger charge is -2.32. The summed E-state index contributed by atoms with van der Waals surface area (Å²) < 4.78 is 0. The molecule has 130 valence electrons. The lowest BCUT2D eigenvalue weighted by molar-refractivity contribution is -0.130. The van der Waals surface area contributed by atoms with Crippen LogP contribution in [0.25, 0.3) is 0 Å². The molecule has 0 saturated carbocycles. The summed E-state index contributed by atoms with van der Waals surface area (Å²) >= 11 is 0. The van der Waals surface area contributed by atoms with Crippen LogP contribution in [0, 0.1) is 0 Å². The molecule has 5 nitrogen and oxygen atoms in total. The average molecular weight is 337 g/mol. The van der Waals surface area contributed by atoms with Crippen molar-refractivity contribution in [2.24, 2.45) is 0 Å². The molecule has 0 bridgehead atoms. The van der Waals surface area contributed by atoms with E-state index in [1.54, 1.807) is 0 Å². The smallest absolute Gasteiger partial charge is 0.251 e. The minimum absolute atomic E-state index is 0.0453. The van der Waals surface area contributed by atoms with Crippen LogP contribution in [-0.2, 0) is 4.79 Å². The number of benzene rings is 2. The lowest BCUT2D eigenvalue weighted by Crippen LogP contribution is -2.47. The Morgan fingerprint density at radius 2 is 1.52 bits per heavy atom. The number of likely N-dealkylation sites (tertiary alicyclic amines) is 1. The molecule has 0 aromatic heterocycles. The number of carbonyl (C=O) groups is 2.